The van der Waals surface area contributed by atoms with Gasteiger partial charge in [-0.3, -0.25) is 0 Å². The second-order valence-electron chi connectivity index (χ2n) is 9.45. The second-order valence-corrected chi connectivity index (χ2v) is 11.3. The van der Waals surface area contributed by atoms with Crippen molar-refractivity contribution in [3.8, 4) is 0 Å². The highest BCUT2D eigenvalue weighted by atomic mass is 79.9. The highest BCUT2D eigenvalue weighted by Gasteiger charge is 2.14. The average Bonchev–Trinajstić information content (AvgIpc) is 2.96. The summed E-state index contributed by atoms with van der Waals surface area (Å²) < 4.78 is 10.5. The van der Waals surface area contributed by atoms with Crippen molar-refractivity contribution in [1.29, 1.82) is 0 Å². The zero-order valence-corrected chi connectivity index (χ0v) is 25.0. The van der Waals surface area contributed by atoms with Crippen LogP contribution in [-0.2, 0) is 4.74 Å². The Balaban J connectivity index is 1.41. The molecule has 0 spiro atoms. The van der Waals surface area contributed by atoms with Crippen LogP contribution in [0.3, 0.4) is 0 Å². The lowest BCUT2D eigenvalue weighted by molar-refractivity contribution is -0.462. The van der Waals surface area contributed by atoms with Crippen molar-refractivity contribution in [3.05, 3.63) is 163 Å². The molecule has 0 saturated carbocycles. The molecule has 0 N–H and O–H groups in total. The molecule has 4 heteroatoms. The van der Waals surface area contributed by atoms with E-state index in [2.05, 4.69) is 166 Å². The van der Waals surface area contributed by atoms with E-state index in [0.717, 1.165) is 47.6 Å². The van der Waals surface area contributed by atoms with Gasteiger partial charge in [0.1, 0.15) is 25.6 Å². The Kier molecular flexibility index (Phi) is 8.55. The number of halogens is 2. The lowest BCUT2D eigenvalue weighted by atomic mass is 10.0. The number of benzene rings is 3. The summed E-state index contributed by atoms with van der Waals surface area (Å²) in [7, 11) is 4.10. The van der Waals surface area contributed by atoms with Crippen LogP contribution in [0.15, 0.2) is 142 Å². The molecule has 1 heterocycles. The van der Waals surface area contributed by atoms with Crippen LogP contribution < -0.4 is 10.4 Å². The third-order valence-corrected chi connectivity index (χ3v) is 7.43. The maximum Gasteiger partial charge on any atom is 0.199 e. The lowest BCUT2D eigenvalue weighted by Crippen LogP contribution is -2.09. The van der Waals surface area contributed by atoms with Crippen LogP contribution in [0, 0.1) is 0 Å². The summed E-state index contributed by atoms with van der Waals surface area (Å²) in [5.74, 6) is 1.61. The largest absolute Gasteiger partial charge is 0.457 e. The van der Waals surface area contributed by atoms with Gasteiger partial charge in [-0.25, -0.2) is 4.58 Å². The van der Waals surface area contributed by atoms with Gasteiger partial charge >= 0.3 is 0 Å². The van der Waals surface area contributed by atoms with Crippen LogP contribution in [0.4, 0.5) is 0 Å². The third-order valence-electron chi connectivity index (χ3n) is 6.37. The summed E-state index contributed by atoms with van der Waals surface area (Å²) in [4.78, 5) is 0. The van der Waals surface area contributed by atoms with E-state index in [-0.39, 0.29) is 0 Å². The molecule has 2 aliphatic rings. The van der Waals surface area contributed by atoms with Crippen molar-refractivity contribution in [2.24, 2.45) is 0 Å². The predicted octanol–water partition coefficient (Wildman–Crippen LogP) is 7.58. The Bertz CT molecular complexity index is 1680. The number of nitrogens with zero attached hydrogens (tertiary/aromatic N) is 1. The molecule has 39 heavy (non-hydrogen) atoms. The average molecular weight is 638 g/mol. The van der Waals surface area contributed by atoms with Gasteiger partial charge in [-0.2, -0.15) is 0 Å². The van der Waals surface area contributed by atoms with Crippen LogP contribution in [0.25, 0.3) is 23.5 Å². The number of hydrogen-bond donors (Lipinski definition) is 0. The fourth-order valence-electron chi connectivity index (χ4n) is 4.14. The minimum absolute atomic E-state index is 0.790. The summed E-state index contributed by atoms with van der Waals surface area (Å²) in [6, 6.07) is 25.0. The van der Waals surface area contributed by atoms with Gasteiger partial charge in [0, 0.05) is 26.7 Å². The van der Waals surface area contributed by atoms with Gasteiger partial charge in [-0.1, -0.05) is 98.6 Å². The van der Waals surface area contributed by atoms with E-state index < -0.39 is 0 Å². The van der Waals surface area contributed by atoms with Gasteiger partial charge in [0.2, 0.25) is 0 Å². The first-order valence-electron chi connectivity index (χ1n) is 12.7. The molecule has 1 aliphatic heterocycles. The monoisotopic (exact) mass is 636 g/mol. The summed E-state index contributed by atoms with van der Waals surface area (Å²) in [5.41, 5.74) is 5.64. The summed E-state index contributed by atoms with van der Waals surface area (Å²) in [6.45, 7) is 0. The smallest absolute Gasteiger partial charge is 0.199 e. The van der Waals surface area contributed by atoms with Crippen molar-refractivity contribution >= 4 is 61.1 Å². The van der Waals surface area contributed by atoms with Gasteiger partial charge in [0.15, 0.2) is 5.71 Å². The third kappa shape index (κ3) is 7.23. The Morgan fingerprint density at radius 3 is 1.69 bits per heavy atom. The van der Waals surface area contributed by atoms with Crippen molar-refractivity contribution in [2.75, 3.05) is 14.1 Å². The summed E-state index contributed by atoms with van der Waals surface area (Å²) in [5, 5.41) is 2.26. The zero-order valence-electron chi connectivity index (χ0n) is 21.8. The van der Waals surface area contributed by atoms with Gasteiger partial charge in [-0.15, -0.1) is 0 Å². The zero-order chi connectivity index (χ0) is 27.2. The Labute approximate surface area is 246 Å². The molecule has 1 aliphatic carbocycles. The lowest BCUT2D eigenvalue weighted by Gasteiger charge is -2.18. The van der Waals surface area contributed by atoms with Crippen LogP contribution in [0.5, 0.6) is 0 Å². The number of allylic oxidation sites excluding steroid dienone is 10. The SMILES string of the molecule is C[N+](C)=C1C=CC(=CC=c2ccc(=C/C=C3\C=C(c4ccc(Br)cc4)C=C(c4ccc(Br)cc4)O3)cc2)C=C1. The van der Waals surface area contributed by atoms with Gasteiger partial charge in [-0.05, 0) is 81.8 Å². The highest BCUT2D eigenvalue weighted by Crippen LogP contribution is 2.32. The molecular formula is C35H28Br2NO+. The topological polar surface area (TPSA) is 12.2 Å². The van der Waals surface area contributed by atoms with Crippen molar-refractivity contribution in [3.63, 3.8) is 0 Å². The van der Waals surface area contributed by atoms with E-state index in [1.807, 2.05) is 18.2 Å². The van der Waals surface area contributed by atoms with Crippen molar-refractivity contribution in [1.82, 2.24) is 0 Å². The van der Waals surface area contributed by atoms with E-state index in [0.29, 0.717) is 0 Å². The molecule has 3 aromatic rings. The first-order chi connectivity index (χ1) is 18.9. The van der Waals surface area contributed by atoms with Crippen LogP contribution in [0.2, 0.25) is 0 Å². The first kappa shape index (κ1) is 26.9. The Morgan fingerprint density at radius 2 is 1.13 bits per heavy atom. The Hall–Kier alpha value is -3.73. The molecule has 0 bridgehead atoms. The fourth-order valence-corrected chi connectivity index (χ4v) is 4.67. The molecular weight excluding hydrogens is 610 g/mol. The minimum Gasteiger partial charge on any atom is -0.457 e. The molecule has 5 rings (SSSR count). The molecule has 0 radical (unpaired) electrons. The molecule has 0 amide bonds. The van der Waals surface area contributed by atoms with E-state index in [1.54, 1.807) is 0 Å². The second kappa shape index (κ2) is 12.4. The summed E-state index contributed by atoms with van der Waals surface area (Å²) >= 11 is 7.06. The first-order valence-corrected chi connectivity index (χ1v) is 14.3. The molecule has 0 fully saturated rings. The Morgan fingerprint density at radius 1 is 0.590 bits per heavy atom. The van der Waals surface area contributed by atoms with Crippen LogP contribution in [-0.4, -0.2) is 24.4 Å². The molecule has 0 aromatic heterocycles. The molecule has 2 nitrogen and oxygen atoms in total. The molecule has 3 aromatic carbocycles. The summed E-state index contributed by atoms with van der Waals surface area (Å²) in [6.07, 6.45) is 21.1. The van der Waals surface area contributed by atoms with E-state index in [4.69, 9.17) is 4.74 Å². The van der Waals surface area contributed by atoms with Crippen LogP contribution >= 0.6 is 31.9 Å². The van der Waals surface area contributed by atoms with Crippen LogP contribution in [0.1, 0.15) is 11.1 Å². The highest BCUT2D eigenvalue weighted by molar-refractivity contribution is 9.10. The maximum atomic E-state index is 6.32. The molecule has 0 atom stereocenters. The van der Waals surface area contributed by atoms with E-state index in [1.165, 1.54) is 11.3 Å². The van der Waals surface area contributed by atoms with Gasteiger partial charge < -0.3 is 4.74 Å². The minimum atomic E-state index is 0.790. The van der Waals surface area contributed by atoms with E-state index >= 15 is 0 Å². The van der Waals surface area contributed by atoms with Gasteiger partial charge in [0.25, 0.3) is 0 Å². The standard InChI is InChI=1S/C35H28Br2NO/c1-38(2)33-20-9-27(10-21-33)8-5-25-3-6-26(7-4-25)11-22-34-23-30(28-12-16-31(36)17-13-28)24-35(39-34)29-14-18-32(37)19-15-29/h3-24H,1-2H3/q+1/b25-5?,26-11?,34-22+. The van der Waals surface area contributed by atoms with E-state index in [9.17, 15) is 0 Å². The number of hydrogen-bond acceptors (Lipinski definition) is 1. The molecule has 0 saturated heterocycles. The molecule has 0 unspecified atom stereocenters. The quantitative estimate of drug-likeness (QED) is 0.269. The van der Waals surface area contributed by atoms with Gasteiger partial charge in [0.05, 0.1) is 0 Å². The predicted molar refractivity (Wildman–Crippen MR) is 172 cm³/mol. The molecule has 192 valence electrons. The maximum absolute atomic E-state index is 6.32. The normalized spacial score (nSPS) is 15.4. The van der Waals surface area contributed by atoms with Crippen molar-refractivity contribution < 1.29 is 9.31 Å². The fraction of sp³-hybridized carbons (Fsp3) is 0.0571. The van der Waals surface area contributed by atoms with Crippen molar-refractivity contribution in [2.45, 2.75) is 0 Å². The number of rotatable bonds is 4. The number of ether oxygens (including phenoxy) is 1.